The van der Waals surface area contributed by atoms with Gasteiger partial charge in [-0.1, -0.05) is 42.5 Å². The van der Waals surface area contributed by atoms with Gasteiger partial charge in [-0.2, -0.15) is 0 Å². The van der Waals surface area contributed by atoms with E-state index >= 15 is 0 Å². The molecule has 5 nitrogen and oxygen atoms in total. The number of amides is 1. The van der Waals surface area contributed by atoms with Crippen LogP contribution in [-0.4, -0.2) is 62.7 Å². The Balaban J connectivity index is 1.53. The minimum absolute atomic E-state index is 0.0374. The number of carbonyl (C=O) groups excluding carboxylic acids is 1. The van der Waals surface area contributed by atoms with E-state index in [1.165, 1.54) is 5.56 Å². The second-order valence-electron chi connectivity index (χ2n) is 6.48. The van der Waals surface area contributed by atoms with Crippen LogP contribution in [0.25, 0.3) is 6.08 Å². The third-order valence-electron chi connectivity index (χ3n) is 4.76. The number of carbonyl (C=O) groups is 1. The lowest BCUT2D eigenvalue weighted by Gasteiger charge is -2.34. The highest BCUT2D eigenvalue weighted by molar-refractivity contribution is 5.95. The number of hydrogen-bond acceptors (Lipinski definition) is 4. The normalized spacial score (nSPS) is 15.1. The standard InChI is InChI=1S/C22H26N2O3/c1-26-20-11-10-19(17-21(20)27-2)22(25)24-15-13-23(14-16-24)12-6-9-18-7-4-3-5-8-18/h3-11,17H,12-16H2,1-2H3. The number of hydrogen-bond donors (Lipinski definition) is 0. The first-order valence-corrected chi connectivity index (χ1v) is 9.16. The Morgan fingerprint density at radius 1 is 0.963 bits per heavy atom. The number of methoxy groups -OCH3 is 2. The zero-order valence-corrected chi connectivity index (χ0v) is 15.9. The van der Waals surface area contributed by atoms with Gasteiger partial charge >= 0.3 is 0 Å². The number of benzene rings is 2. The lowest BCUT2D eigenvalue weighted by Crippen LogP contribution is -2.48. The molecule has 1 aliphatic heterocycles. The van der Waals surface area contributed by atoms with Gasteiger partial charge in [0, 0.05) is 38.3 Å². The molecule has 2 aromatic carbocycles. The van der Waals surface area contributed by atoms with Gasteiger partial charge in [-0.25, -0.2) is 0 Å². The van der Waals surface area contributed by atoms with Gasteiger partial charge in [0.05, 0.1) is 14.2 Å². The Hall–Kier alpha value is -2.79. The van der Waals surface area contributed by atoms with E-state index in [4.69, 9.17) is 9.47 Å². The van der Waals surface area contributed by atoms with Gasteiger partial charge in [-0.05, 0) is 23.8 Å². The molecule has 0 bridgehead atoms. The second kappa shape index (κ2) is 9.24. The molecule has 0 N–H and O–H groups in total. The molecule has 1 amide bonds. The summed E-state index contributed by atoms with van der Waals surface area (Å²) in [4.78, 5) is 17.0. The van der Waals surface area contributed by atoms with Crippen molar-refractivity contribution < 1.29 is 14.3 Å². The Kier molecular flexibility index (Phi) is 6.49. The summed E-state index contributed by atoms with van der Waals surface area (Å²) < 4.78 is 10.5. The summed E-state index contributed by atoms with van der Waals surface area (Å²) in [6.07, 6.45) is 4.32. The summed E-state index contributed by atoms with van der Waals surface area (Å²) in [5.41, 5.74) is 1.84. The van der Waals surface area contributed by atoms with Crippen molar-refractivity contribution in [1.29, 1.82) is 0 Å². The van der Waals surface area contributed by atoms with Crippen molar-refractivity contribution in [2.75, 3.05) is 46.9 Å². The molecule has 27 heavy (non-hydrogen) atoms. The summed E-state index contributed by atoms with van der Waals surface area (Å²) in [6.45, 7) is 4.10. The fraction of sp³-hybridized carbons (Fsp3) is 0.318. The predicted octanol–water partition coefficient (Wildman–Crippen LogP) is 3.18. The molecule has 5 heteroatoms. The monoisotopic (exact) mass is 366 g/mol. The molecule has 1 saturated heterocycles. The van der Waals surface area contributed by atoms with Crippen molar-refractivity contribution in [3.8, 4) is 11.5 Å². The van der Waals surface area contributed by atoms with E-state index in [0.29, 0.717) is 17.1 Å². The largest absolute Gasteiger partial charge is 0.493 e. The first-order valence-electron chi connectivity index (χ1n) is 9.16. The highest BCUT2D eigenvalue weighted by atomic mass is 16.5. The lowest BCUT2D eigenvalue weighted by molar-refractivity contribution is 0.0650. The molecule has 0 atom stereocenters. The van der Waals surface area contributed by atoms with Crippen LogP contribution in [-0.2, 0) is 0 Å². The average Bonchev–Trinajstić information content (AvgIpc) is 2.74. The molecule has 0 saturated carbocycles. The summed E-state index contributed by atoms with van der Waals surface area (Å²) in [5, 5.41) is 0. The molecule has 1 aliphatic rings. The summed E-state index contributed by atoms with van der Waals surface area (Å²) in [6, 6.07) is 15.6. The molecule has 0 aliphatic carbocycles. The predicted molar refractivity (Wildman–Crippen MR) is 107 cm³/mol. The van der Waals surface area contributed by atoms with Crippen molar-refractivity contribution in [2.24, 2.45) is 0 Å². The van der Waals surface area contributed by atoms with Crippen molar-refractivity contribution >= 4 is 12.0 Å². The maximum absolute atomic E-state index is 12.8. The van der Waals surface area contributed by atoms with Crippen molar-refractivity contribution in [1.82, 2.24) is 9.80 Å². The van der Waals surface area contributed by atoms with Crippen LogP contribution in [0.5, 0.6) is 11.5 Å². The second-order valence-corrected chi connectivity index (χ2v) is 6.48. The zero-order valence-electron chi connectivity index (χ0n) is 15.9. The van der Waals surface area contributed by atoms with Gasteiger partial charge in [0.25, 0.3) is 5.91 Å². The Morgan fingerprint density at radius 3 is 2.33 bits per heavy atom. The highest BCUT2D eigenvalue weighted by Gasteiger charge is 2.22. The summed E-state index contributed by atoms with van der Waals surface area (Å²) >= 11 is 0. The van der Waals surface area contributed by atoms with Crippen LogP contribution in [0.3, 0.4) is 0 Å². The molecule has 3 rings (SSSR count). The zero-order chi connectivity index (χ0) is 19.1. The van der Waals surface area contributed by atoms with Crippen LogP contribution < -0.4 is 9.47 Å². The van der Waals surface area contributed by atoms with Gasteiger partial charge in [-0.3, -0.25) is 9.69 Å². The van der Waals surface area contributed by atoms with Crippen LogP contribution in [0.4, 0.5) is 0 Å². The van der Waals surface area contributed by atoms with E-state index < -0.39 is 0 Å². The summed E-state index contributed by atoms with van der Waals surface area (Å²) in [5.74, 6) is 1.24. The van der Waals surface area contributed by atoms with Gasteiger partial charge < -0.3 is 14.4 Å². The maximum atomic E-state index is 12.8. The van der Waals surface area contributed by atoms with E-state index in [1.54, 1.807) is 32.4 Å². The average molecular weight is 366 g/mol. The van der Waals surface area contributed by atoms with E-state index in [9.17, 15) is 4.79 Å². The minimum atomic E-state index is 0.0374. The molecule has 0 unspecified atom stereocenters. The Labute approximate surface area is 160 Å². The van der Waals surface area contributed by atoms with Crippen LogP contribution in [0, 0.1) is 0 Å². The SMILES string of the molecule is COc1ccc(C(=O)N2CCN(CC=Cc3ccccc3)CC2)cc1OC. The van der Waals surface area contributed by atoms with Crippen LogP contribution in [0.2, 0.25) is 0 Å². The molecular formula is C22H26N2O3. The quantitative estimate of drug-likeness (QED) is 0.788. The van der Waals surface area contributed by atoms with E-state index in [0.717, 1.165) is 32.7 Å². The molecule has 2 aromatic rings. The molecule has 1 heterocycles. The van der Waals surface area contributed by atoms with Crippen LogP contribution in [0.15, 0.2) is 54.6 Å². The van der Waals surface area contributed by atoms with E-state index in [2.05, 4.69) is 29.2 Å². The third-order valence-corrected chi connectivity index (χ3v) is 4.76. The van der Waals surface area contributed by atoms with Crippen molar-refractivity contribution in [3.63, 3.8) is 0 Å². The first-order chi connectivity index (χ1) is 13.2. The highest BCUT2D eigenvalue weighted by Crippen LogP contribution is 2.28. The van der Waals surface area contributed by atoms with E-state index in [1.807, 2.05) is 23.1 Å². The number of piperazine rings is 1. The fourth-order valence-corrected chi connectivity index (χ4v) is 3.19. The lowest BCUT2D eigenvalue weighted by atomic mass is 10.1. The van der Waals surface area contributed by atoms with Gasteiger partial charge in [0.15, 0.2) is 11.5 Å². The molecule has 0 aromatic heterocycles. The number of ether oxygens (including phenoxy) is 2. The van der Waals surface area contributed by atoms with Crippen LogP contribution in [0.1, 0.15) is 15.9 Å². The first kappa shape index (κ1) is 19.0. The molecule has 0 spiro atoms. The van der Waals surface area contributed by atoms with Gasteiger partial charge in [-0.15, -0.1) is 0 Å². The smallest absolute Gasteiger partial charge is 0.254 e. The fourth-order valence-electron chi connectivity index (χ4n) is 3.19. The molecule has 1 fully saturated rings. The summed E-state index contributed by atoms with van der Waals surface area (Å²) in [7, 11) is 3.17. The minimum Gasteiger partial charge on any atom is -0.493 e. The van der Waals surface area contributed by atoms with Crippen LogP contribution >= 0.6 is 0 Å². The number of nitrogens with zero attached hydrogens (tertiary/aromatic N) is 2. The van der Waals surface area contributed by atoms with Crippen molar-refractivity contribution in [2.45, 2.75) is 0 Å². The Morgan fingerprint density at radius 2 is 1.67 bits per heavy atom. The van der Waals surface area contributed by atoms with E-state index in [-0.39, 0.29) is 5.91 Å². The molecular weight excluding hydrogens is 340 g/mol. The topological polar surface area (TPSA) is 42.0 Å². The van der Waals surface area contributed by atoms with Gasteiger partial charge in [0.2, 0.25) is 0 Å². The number of rotatable bonds is 6. The molecule has 0 radical (unpaired) electrons. The third kappa shape index (κ3) is 4.89. The van der Waals surface area contributed by atoms with Crippen molar-refractivity contribution in [3.05, 3.63) is 65.7 Å². The molecule has 142 valence electrons. The maximum Gasteiger partial charge on any atom is 0.254 e. The van der Waals surface area contributed by atoms with Gasteiger partial charge in [0.1, 0.15) is 0 Å². The Bertz CT molecular complexity index is 781.